The van der Waals surface area contributed by atoms with Crippen molar-refractivity contribution in [3.63, 3.8) is 0 Å². The van der Waals surface area contributed by atoms with E-state index in [2.05, 4.69) is 20.8 Å². The molecule has 28 heavy (non-hydrogen) atoms. The van der Waals surface area contributed by atoms with Gasteiger partial charge in [-0.3, -0.25) is 0 Å². The molecule has 3 heterocycles. The molecule has 2 N–H and O–H groups in total. The Morgan fingerprint density at radius 3 is 2.96 bits per heavy atom. The Hall–Kier alpha value is -2.62. The van der Waals surface area contributed by atoms with E-state index in [1.807, 2.05) is 13.8 Å². The molecule has 0 saturated carbocycles. The molecule has 8 nitrogen and oxygen atoms in total. The van der Waals surface area contributed by atoms with Gasteiger partial charge in [-0.1, -0.05) is 22.5 Å². The third kappa shape index (κ3) is 3.82. The largest absolute Gasteiger partial charge is 0.389 e. The van der Waals surface area contributed by atoms with E-state index in [0.717, 1.165) is 17.0 Å². The summed E-state index contributed by atoms with van der Waals surface area (Å²) in [7, 11) is 0. The number of benzene rings is 1. The van der Waals surface area contributed by atoms with Crippen LogP contribution in [0.25, 0.3) is 11.3 Å². The van der Waals surface area contributed by atoms with Gasteiger partial charge in [-0.2, -0.15) is 0 Å². The molecule has 3 aromatic rings. The summed E-state index contributed by atoms with van der Waals surface area (Å²) in [6, 6.07) is 5.95. The van der Waals surface area contributed by atoms with Crippen LogP contribution in [0.4, 0.5) is 4.39 Å². The zero-order chi connectivity index (χ0) is 19.7. The maximum Gasteiger partial charge on any atom is 0.138 e. The fourth-order valence-corrected chi connectivity index (χ4v) is 3.44. The molecule has 148 valence electrons. The Morgan fingerprint density at radius 1 is 1.36 bits per heavy atom. The van der Waals surface area contributed by atoms with Gasteiger partial charge in [0, 0.05) is 17.7 Å². The average molecular weight is 387 g/mol. The Kier molecular flexibility index (Phi) is 5.21. The standard InChI is InChI=1S/C19H22FN5O3/c1-11-15(12(2)28-23-11)7-21-19-17(26)10-27-18(19)9-25-8-16(22-24-25)13-4-3-5-14(20)6-13/h3-6,8,17-19,21,26H,7,9-10H2,1-2H3/t17-,18+,19+/m0/s1. The van der Waals surface area contributed by atoms with Crippen molar-refractivity contribution in [2.24, 2.45) is 0 Å². The number of nitrogens with zero attached hydrogens (tertiary/aromatic N) is 4. The summed E-state index contributed by atoms with van der Waals surface area (Å²) in [5, 5.41) is 25.8. The van der Waals surface area contributed by atoms with Gasteiger partial charge in [-0.15, -0.1) is 5.10 Å². The second-order valence-corrected chi connectivity index (χ2v) is 6.98. The Balaban J connectivity index is 1.43. The number of halogens is 1. The molecule has 0 spiro atoms. The zero-order valence-corrected chi connectivity index (χ0v) is 15.7. The van der Waals surface area contributed by atoms with Gasteiger partial charge in [0.2, 0.25) is 0 Å². The molecule has 0 radical (unpaired) electrons. The normalized spacial score (nSPS) is 22.1. The van der Waals surface area contributed by atoms with Gasteiger partial charge in [-0.05, 0) is 26.0 Å². The van der Waals surface area contributed by atoms with Crippen molar-refractivity contribution in [3.05, 3.63) is 53.3 Å². The first-order valence-electron chi connectivity index (χ1n) is 9.12. The van der Waals surface area contributed by atoms with Crippen molar-refractivity contribution in [1.82, 2.24) is 25.5 Å². The van der Waals surface area contributed by atoms with Crippen LogP contribution in [0.3, 0.4) is 0 Å². The average Bonchev–Trinajstić information content (AvgIpc) is 3.36. The number of nitrogens with one attached hydrogen (secondary N) is 1. The molecule has 0 bridgehead atoms. The summed E-state index contributed by atoms with van der Waals surface area (Å²) in [4.78, 5) is 0. The van der Waals surface area contributed by atoms with Crippen LogP contribution in [0.2, 0.25) is 0 Å². The highest BCUT2D eigenvalue weighted by molar-refractivity contribution is 5.57. The first kappa shape index (κ1) is 18.7. The molecule has 1 aromatic carbocycles. The number of aryl methyl sites for hydroxylation is 2. The molecular formula is C19H22FN5O3. The topological polar surface area (TPSA) is 98.2 Å². The number of aliphatic hydroxyl groups is 1. The number of hydrogen-bond acceptors (Lipinski definition) is 7. The van der Waals surface area contributed by atoms with E-state index >= 15 is 0 Å². The van der Waals surface area contributed by atoms with Crippen LogP contribution in [0.5, 0.6) is 0 Å². The van der Waals surface area contributed by atoms with Crippen molar-refractivity contribution in [1.29, 1.82) is 0 Å². The predicted molar refractivity (Wildman–Crippen MR) is 97.8 cm³/mol. The van der Waals surface area contributed by atoms with E-state index < -0.39 is 6.10 Å². The molecule has 2 aromatic heterocycles. The van der Waals surface area contributed by atoms with Gasteiger partial charge >= 0.3 is 0 Å². The Morgan fingerprint density at radius 2 is 2.21 bits per heavy atom. The molecule has 4 rings (SSSR count). The minimum atomic E-state index is -0.628. The van der Waals surface area contributed by atoms with Crippen molar-refractivity contribution in [2.75, 3.05) is 6.61 Å². The van der Waals surface area contributed by atoms with E-state index in [1.54, 1.807) is 23.0 Å². The number of hydrogen-bond donors (Lipinski definition) is 2. The van der Waals surface area contributed by atoms with Gasteiger partial charge < -0.3 is 19.7 Å². The first-order valence-corrected chi connectivity index (χ1v) is 9.12. The van der Waals surface area contributed by atoms with Crippen LogP contribution in [0.1, 0.15) is 17.0 Å². The van der Waals surface area contributed by atoms with Gasteiger partial charge in [-0.25, -0.2) is 9.07 Å². The van der Waals surface area contributed by atoms with Gasteiger partial charge in [0.1, 0.15) is 17.3 Å². The lowest BCUT2D eigenvalue weighted by atomic mass is 10.1. The van der Waals surface area contributed by atoms with Crippen LogP contribution >= 0.6 is 0 Å². The number of ether oxygens (including phenoxy) is 1. The minimum Gasteiger partial charge on any atom is -0.389 e. The quantitative estimate of drug-likeness (QED) is 0.663. The lowest BCUT2D eigenvalue weighted by Gasteiger charge is -2.21. The maximum absolute atomic E-state index is 13.4. The number of aromatic nitrogens is 4. The van der Waals surface area contributed by atoms with E-state index in [1.165, 1.54) is 12.1 Å². The monoisotopic (exact) mass is 387 g/mol. The van der Waals surface area contributed by atoms with Crippen LogP contribution in [0, 0.1) is 19.7 Å². The molecule has 0 aliphatic carbocycles. The molecule has 9 heteroatoms. The molecule has 0 unspecified atom stereocenters. The summed E-state index contributed by atoms with van der Waals surface area (Å²) in [5.41, 5.74) is 3.04. The second-order valence-electron chi connectivity index (χ2n) is 6.98. The van der Waals surface area contributed by atoms with Crippen LogP contribution in [-0.4, -0.2) is 50.1 Å². The van der Waals surface area contributed by atoms with Gasteiger partial charge in [0.05, 0.1) is 43.3 Å². The third-order valence-corrected chi connectivity index (χ3v) is 5.02. The molecule has 1 aliphatic heterocycles. The zero-order valence-electron chi connectivity index (χ0n) is 15.7. The van der Waals surface area contributed by atoms with Crippen LogP contribution in [-0.2, 0) is 17.8 Å². The first-order chi connectivity index (χ1) is 13.5. The highest BCUT2D eigenvalue weighted by atomic mass is 19.1. The summed E-state index contributed by atoms with van der Waals surface area (Å²) < 4.78 is 26.0. The van der Waals surface area contributed by atoms with E-state index in [4.69, 9.17) is 9.26 Å². The summed E-state index contributed by atoms with van der Waals surface area (Å²) in [5.74, 6) is 0.434. The van der Waals surface area contributed by atoms with Crippen LogP contribution in [0.15, 0.2) is 35.0 Å². The van der Waals surface area contributed by atoms with E-state index in [-0.39, 0.29) is 24.6 Å². The maximum atomic E-state index is 13.4. The Bertz CT molecular complexity index is 937. The van der Waals surface area contributed by atoms with E-state index in [9.17, 15) is 9.50 Å². The van der Waals surface area contributed by atoms with Crippen molar-refractivity contribution >= 4 is 0 Å². The van der Waals surface area contributed by atoms with Crippen molar-refractivity contribution < 1.29 is 18.8 Å². The van der Waals surface area contributed by atoms with E-state index in [0.29, 0.717) is 24.3 Å². The Labute approximate surface area is 161 Å². The minimum absolute atomic E-state index is 0.245. The molecule has 1 aliphatic rings. The highest BCUT2D eigenvalue weighted by Gasteiger charge is 2.36. The number of aliphatic hydroxyl groups excluding tert-OH is 1. The molecule has 3 atom stereocenters. The molecule has 0 amide bonds. The van der Waals surface area contributed by atoms with Crippen molar-refractivity contribution in [3.8, 4) is 11.3 Å². The summed E-state index contributed by atoms with van der Waals surface area (Å²) in [6.45, 7) is 4.93. The number of rotatable bonds is 6. The fraction of sp³-hybridized carbons (Fsp3) is 0.421. The highest BCUT2D eigenvalue weighted by Crippen LogP contribution is 2.21. The third-order valence-electron chi connectivity index (χ3n) is 5.02. The van der Waals surface area contributed by atoms with Crippen LogP contribution < -0.4 is 5.32 Å². The lowest BCUT2D eigenvalue weighted by Crippen LogP contribution is -2.45. The predicted octanol–water partition coefficient (Wildman–Crippen LogP) is 1.61. The molecular weight excluding hydrogens is 365 g/mol. The lowest BCUT2D eigenvalue weighted by molar-refractivity contribution is 0.0741. The molecule has 1 fully saturated rings. The summed E-state index contributed by atoms with van der Waals surface area (Å²) >= 11 is 0. The van der Waals surface area contributed by atoms with Gasteiger partial charge in [0.15, 0.2) is 0 Å². The second kappa shape index (κ2) is 7.78. The summed E-state index contributed by atoms with van der Waals surface area (Å²) in [6.07, 6.45) is 0.836. The van der Waals surface area contributed by atoms with Gasteiger partial charge in [0.25, 0.3) is 0 Å². The smallest absolute Gasteiger partial charge is 0.138 e. The fourth-order valence-electron chi connectivity index (χ4n) is 3.44. The molecule has 1 saturated heterocycles. The SMILES string of the molecule is Cc1noc(C)c1CN[C@@H]1[C@@H](O)CO[C@@H]1Cn1cc(-c2cccc(F)c2)nn1. The van der Waals surface area contributed by atoms with Crippen molar-refractivity contribution in [2.45, 2.75) is 45.2 Å².